The van der Waals surface area contributed by atoms with Gasteiger partial charge in [0.1, 0.15) is 5.69 Å². The number of likely N-dealkylation sites (tertiary alicyclic amines) is 1. The topological polar surface area (TPSA) is 80.1 Å². The summed E-state index contributed by atoms with van der Waals surface area (Å²) in [5.41, 5.74) is 2.58. The second kappa shape index (κ2) is 9.84. The van der Waals surface area contributed by atoms with E-state index in [4.69, 9.17) is 0 Å². The second-order valence-corrected chi connectivity index (χ2v) is 7.61. The molecule has 0 radical (unpaired) electrons. The highest BCUT2D eigenvalue weighted by atomic mass is 16.2. The third-order valence-electron chi connectivity index (χ3n) is 5.36. The smallest absolute Gasteiger partial charge is 0.246 e. The summed E-state index contributed by atoms with van der Waals surface area (Å²) in [5, 5.41) is 11.2. The fraction of sp³-hybridized carbons (Fsp3) is 0.250. The number of para-hydroxylation sites is 1. The molecule has 158 valence electrons. The van der Waals surface area contributed by atoms with Crippen molar-refractivity contribution in [2.24, 2.45) is 5.92 Å². The zero-order valence-electron chi connectivity index (χ0n) is 17.2. The first-order valence-corrected chi connectivity index (χ1v) is 10.4. The van der Waals surface area contributed by atoms with Gasteiger partial charge in [-0.3, -0.25) is 9.59 Å². The number of carbonyl (C=O) groups is 2. The fourth-order valence-electron chi connectivity index (χ4n) is 3.63. The van der Waals surface area contributed by atoms with E-state index in [1.165, 1.54) is 6.08 Å². The van der Waals surface area contributed by atoms with Crippen molar-refractivity contribution in [3.8, 4) is 0 Å². The summed E-state index contributed by atoms with van der Waals surface area (Å²) in [6, 6.07) is 19.5. The van der Waals surface area contributed by atoms with Crippen molar-refractivity contribution in [1.82, 2.24) is 19.9 Å². The Labute approximate surface area is 181 Å². The van der Waals surface area contributed by atoms with Gasteiger partial charge < -0.3 is 10.2 Å². The molecule has 0 unspecified atom stereocenters. The lowest BCUT2D eigenvalue weighted by molar-refractivity contribution is -0.130. The number of nitrogens with zero attached hydrogens (tertiary/aromatic N) is 4. The Kier molecular flexibility index (Phi) is 6.52. The third kappa shape index (κ3) is 5.66. The number of aromatic nitrogens is 3. The standard InChI is InChI=1S/C24H25N5O2/c30-23(12-11-22-18-29(27-26-22)17-19-7-3-1-4-8-19)28-15-13-20(14-16-28)24(31)25-21-9-5-2-6-10-21/h1-12,18,20H,13-17H2,(H,25,31)/b12-11+. The summed E-state index contributed by atoms with van der Waals surface area (Å²) in [7, 11) is 0. The molecule has 0 bridgehead atoms. The molecule has 0 saturated carbocycles. The molecule has 2 amide bonds. The minimum absolute atomic E-state index is 0.0175. The van der Waals surface area contributed by atoms with Crippen LogP contribution in [0.1, 0.15) is 24.1 Å². The predicted molar refractivity (Wildman–Crippen MR) is 119 cm³/mol. The molecular formula is C24H25N5O2. The first-order valence-electron chi connectivity index (χ1n) is 10.4. The summed E-state index contributed by atoms with van der Waals surface area (Å²) in [4.78, 5) is 26.7. The van der Waals surface area contributed by atoms with Crippen LogP contribution in [0.25, 0.3) is 6.08 Å². The fourth-order valence-corrected chi connectivity index (χ4v) is 3.63. The Morgan fingerprint density at radius 1 is 1.00 bits per heavy atom. The van der Waals surface area contributed by atoms with E-state index in [9.17, 15) is 9.59 Å². The second-order valence-electron chi connectivity index (χ2n) is 7.61. The number of hydrogen-bond acceptors (Lipinski definition) is 4. The lowest BCUT2D eigenvalue weighted by atomic mass is 9.95. The van der Waals surface area contributed by atoms with E-state index in [1.807, 2.05) is 66.9 Å². The number of hydrogen-bond donors (Lipinski definition) is 1. The average molecular weight is 415 g/mol. The normalized spacial score (nSPS) is 14.6. The Hall–Kier alpha value is -3.74. The Bertz CT molecular complexity index is 1040. The molecule has 4 rings (SSSR count). The molecule has 1 aromatic heterocycles. The minimum atomic E-state index is -0.0777. The Morgan fingerprint density at radius 3 is 2.39 bits per heavy atom. The van der Waals surface area contributed by atoms with Crippen molar-refractivity contribution in [3.05, 3.63) is 84.2 Å². The van der Waals surface area contributed by atoms with Crippen LogP contribution in [0.5, 0.6) is 0 Å². The summed E-state index contributed by atoms with van der Waals surface area (Å²) in [5.74, 6) is -0.130. The molecule has 0 spiro atoms. The maximum Gasteiger partial charge on any atom is 0.246 e. The molecule has 1 saturated heterocycles. The molecule has 1 aliphatic heterocycles. The molecular weight excluding hydrogens is 390 g/mol. The van der Waals surface area contributed by atoms with Crippen LogP contribution in [-0.4, -0.2) is 44.8 Å². The van der Waals surface area contributed by atoms with Crippen molar-refractivity contribution in [3.63, 3.8) is 0 Å². The highest BCUT2D eigenvalue weighted by Gasteiger charge is 2.26. The number of nitrogens with one attached hydrogen (secondary N) is 1. The first-order chi connectivity index (χ1) is 15.2. The molecule has 2 heterocycles. The summed E-state index contributed by atoms with van der Waals surface area (Å²) >= 11 is 0. The van der Waals surface area contributed by atoms with E-state index in [0.29, 0.717) is 38.2 Å². The summed E-state index contributed by atoms with van der Waals surface area (Å²) in [6.45, 7) is 1.77. The first kappa shape index (κ1) is 20.5. The SMILES string of the molecule is O=C(Nc1ccccc1)C1CCN(C(=O)/C=C/c2cn(Cc3ccccc3)nn2)CC1. The van der Waals surface area contributed by atoms with Gasteiger partial charge in [0.2, 0.25) is 11.8 Å². The monoisotopic (exact) mass is 415 g/mol. The van der Waals surface area contributed by atoms with Crippen molar-refractivity contribution in [2.75, 3.05) is 18.4 Å². The van der Waals surface area contributed by atoms with Gasteiger partial charge in [0.05, 0.1) is 12.7 Å². The number of benzene rings is 2. The Morgan fingerprint density at radius 2 is 1.68 bits per heavy atom. The molecule has 3 aromatic rings. The molecule has 7 heteroatoms. The molecule has 0 aliphatic carbocycles. The van der Waals surface area contributed by atoms with Gasteiger partial charge in [0.15, 0.2) is 0 Å². The maximum absolute atomic E-state index is 12.5. The number of anilines is 1. The predicted octanol–water partition coefficient (Wildman–Crippen LogP) is 3.22. The van der Waals surface area contributed by atoms with Crippen LogP contribution in [0, 0.1) is 5.92 Å². The van der Waals surface area contributed by atoms with Crippen LogP contribution in [0.15, 0.2) is 72.9 Å². The molecule has 2 aromatic carbocycles. The van der Waals surface area contributed by atoms with Gasteiger partial charge in [-0.05, 0) is 36.6 Å². The van der Waals surface area contributed by atoms with Crippen LogP contribution in [0.2, 0.25) is 0 Å². The largest absolute Gasteiger partial charge is 0.339 e. The van der Waals surface area contributed by atoms with Gasteiger partial charge in [-0.15, -0.1) is 5.10 Å². The number of amides is 2. The molecule has 1 aliphatic rings. The van der Waals surface area contributed by atoms with E-state index in [0.717, 1.165) is 11.3 Å². The van der Waals surface area contributed by atoms with Gasteiger partial charge in [-0.25, -0.2) is 4.68 Å². The van der Waals surface area contributed by atoms with E-state index in [2.05, 4.69) is 15.6 Å². The molecule has 31 heavy (non-hydrogen) atoms. The molecule has 7 nitrogen and oxygen atoms in total. The number of rotatable bonds is 6. The van der Waals surface area contributed by atoms with Crippen molar-refractivity contribution >= 4 is 23.6 Å². The van der Waals surface area contributed by atoms with Crippen LogP contribution in [-0.2, 0) is 16.1 Å². The number of carbonyl (C=O) groups excluding carboxylic acids is 2. The lowest BCUT2D eigenvalue weighted by Gasteiger charge is -2.30. The van der Waals surface area contributed by atoms with E-state index in [1.54, 1.807) is 15.7 Å². The van der Waals surface area contributed by atoms with Gasteiger partial charge >= 0.3 is 0 Å². The van der Waals surface area contributed by atoms with Crippen LogP contribution in [0.3, 0.4) is 0 Å². The van der Waals surface area contributed by atoms with E-state index in [-0.39, 0.29) is 17.7 Å². The third-order valence-corrected chi connectivity index (χ3v) is 5.36. The highest BCUT2D eigenvalue weighted by Crippen LogP contribution is 2.20. The van der Waals surface area contributed by atoms with Crippen LogP contribution in [0.4, 0.5) is 5.69 Å². The quantitative estimate of drug-likeness (QED) is 0.627. The van der Waals surface area contributed by atoms with Crippen LogP contribution < -0.4 is 5.32 Å². The van der Waals surface area contributed by atoms with E-state index < -0.39 is 0 Å². The number of piperidine rings is 1. The van der Waals surface area contributed by atoms with Gasteiger partial charge in [0.25, 0.3) is 0 Å². The zero-order chi connectivity index (χ0) is 21.5. The highest BCUT2D eigenvalue weighted by molar-refractivity contribution is 5.93. The lowest BCUT2D eigenvalue weighted by Crippen LogP contribution is -2.40. The Balaban J connectivity index is 1.25. The van der Waals surface area contributed by atoms with Gasteiger partial charge in [-0.2, -0.15) is 0 Å². The minimum Gasteiger partial charge on any atom is -0.339 e. The summed E-state index contributed by atoms with van der Waals surface area (Å²) < 4.78 is 1.75. The van der Waals surface area contributed by atoms with Gasteiger partial charge in [0, 0.05) is 30.8 Å². The van der Waals surface area contributed by atoms with Gasteiger partial charge in [-0.1, -0.05) is 53.7 Å². The van der Waals surface area contributed by atoms with Crippen molar-refractivity contribution in [2.45, 2.75) is 19.4 Å². The molecule has 1 fully saturated rings. The zero-order valence-corrected chi connectivity index (χ0v) is 17.2. The van der Waals surface area contributed by atoms with E-state index >= 15 is 0 Å². The van der Waals surface area contributed by atoms with Crippen molar-refractivity contribution < 1.29 is 9.59 Å². The molecule has 1 N–H and O–H groups in total. The average Bonchev–Trinajstić information content (AvgIpc) is 3.26. The van der Waals surface area contributed by atoms with Crippen LogP contribution >= 0.6 is 0 Å². The van der Waals surface area contributed by atoms with Crippen molar-refractivity contribution in [1.29, 1.82) is 0 Å². The molecule has 0 atom stereocenters. The summed E-state index contributed by atoms with van der Waals surface area (Å²) in [6.07, 6.45) is 6.35. The maximum atomic E-state index is 12.5.